The fourth-order valence-electron chi connectivity index (χ4n) is 3.69. The van der Waals surface area contributed by atoms with Crippen molar-refractivity contribution in [3.05, 3.63) is 54.1 Å². The lowest BCUT2D eigenvalue weighted by molar-refractivity contribution is 0.0120. The number of likely N-dealkylation sites (tertiary alicyclic amines) is 1. The van der Waals surface area contributed by atoms with E-state index in [0.29, 0.717) is 12.6 Å². The molecular formula is C18H21FN4O. The number of ether oxygens (including phenoxy) is 1. The van der Waals surface area contributed by atoms with Crippen LogP contribution >= 0.6 is 0 Å². The largest absolute Gasteiger partial charge is 0.371 e. The summed E-state index contributed by atoms with van der Waals surface area (Å²) in [6.45, 7) is 3.44. The molecule has 0 unspecified atom stereocenters. The molecule has 1 N–H and O–H groups in total. The molecule has 2 aromatic rings. The number of benzene rings is 1. The summed E-state index contributed by atoms with van der Waals surface area (Å²) in [7, 11) is 0. The molecule has 0 radical (unpaired) electrons. The van der Waals surface area contributed by atoms with Gasteiger partial charge in [-0.05, 0) is 30.2 Å². The number of halogens is 1. The van der Waals surface area contributed by atoms with E-state index in [0.717, 1.165) is 38.0 Å². The van der Waals surface area contributed by atoms with Crippen LogP contribution in [0.5, 0.6) is 0 Å². The van der Waals surface area contributed by atoms with Crippen molar-refractivity contribution in [1.29, 1.82) is 0 Å². The quantitative estimate of drug-likeness (QED) is 0.934. The van der Waals surface area contributed by atoms with Crippen LogP contribution in [0.3, 0.4) is 0 Å². The lowest BCUT2D eigenvalue weighted by Crippen LogP contribution is -2.33. The predicted octanol–water partition coefficient (Wildman–Crippen LogP) is 2.46. The van der Waals surface area contributed by atoms with Gasteiger partial charge in [-0.25, -0.2) is 14.4 Å². The van der Waals surface area contributed by atoms with E-state index < -0.39 is 0 Å². The Morgan fingerprint density at radius 3 is 2.83 bits per heavy atom. The average molecular weight is 328 g/mol. The van der Waals surface area contributed by atoms with Crippen LogP contribution in [-0.2, 0) is 11.3 Å². The molecule has 0 saturated carbocycles. The zero-order valence-electron chi connectivity index (χ0n) is 13.5. The smallest absolute Gasteiger partial charge is 0.222 e. The highest BCUT2D eigenvalue weighted by Crippen LogP contribution is 2.36. The number of aromatic nitrogens is 2. The molecule has 6 heteroatoms. The molecule has 3 heterocycles. The molecule has 1 spiro atoms. The van der Waals surface area contributed by atoms with Crippen LogP contribution in [0.1, 0.15) is 18.4 Å². The first-order valence-corrected chi connectivity index (χ1v) is 8.35. The van der Waals surface area contributed by atoms with Crippen LogP contribution in [-0.4, -0.2) is 46.2 Å². The summed E-state index contributed by atoms with van der Waals surface area (Å²) < 4.78 is 19.2. The molecule has 1 aromatic carbocycles. The van der Waals surface area contributed by atoms with Gasteiger partial charge in [0.05, 0.1) is 18.2 Å². The topological polar surface area (TPSA) is 50.3 Å². The molecule has 0 aliphatic carbocycles. The van der Waals surface area contributed by atoms with E-state index in [1.54, 1.807) is 12.4 Å². The van der Waals surface area contributed by atoms with Crippen molar-refractivity contribution < 1.29 is 9.13 Å². The zero-order chi connectivity index (χ0) is 16.4. The fraction of sp³-hybridized carbons (Fsp3) is 0.444. The summed E-state index contributed by atoms with van der Waals surface area (Å²) in [5.74, 6) is 0.470. The first-order chi connectivity index (χ1) is 11.7. The van der Waals surface area contributed by atoms with Crippen molar-refractivity contribution in [3.63, 3.8) is 0 Å². The lowest BCUT2D eigenvalue weighted by atomic mass is 9.97. The van der Waals surface area contributed by atoms with Crippen molar-refractivity contribution in [2.24, 2.45) is 0 Å². The van der Waals surface area contributed by atoms with Gasteiger partial charge >= 0.3 is 0 Å². The maximum Gasteiger partial charge on any atom is 0.222 e. The van der Waals surface area contributed by atoms with Gasteiger partial charge in [-0.1, -0.05) is 12.1 Å². The van der Waals surface area contributed by atoms with Gasteiger partial charge < -0.3 is 10.1 Å². The van der Waals surface area contributed by atoms with E-state index in [-0.39, 0.29) is 17.5 Å². The van der Waals surface area contributed by atoms with E-state index in [9.17, 15) is 4.39 Å². The van der Waals surface area contributed by atoms with E-state index >= 15 is 0 Å². The van der Waals surface area contributed by atoms with Crippen molar-refractivity contribution >= 4 is 5.95 Å². The summed E-state index contributed by atoms with van der Waals surface area (Å²) in [6.07, 6.45) is 5.47. The first kappa shape index (κ1) is 15.5. The van der Waals surface area contributed by atoms with Gasteiger partial charge in [-0.15, -0.1) is 0 Å². The maximum absolute atomic E-state index is 13.0. The van der Waals surface area contributed by atoms with Gasteiger partial charge in [-0.3, -0.25) is 4.90 Å². The standard InChI is InChI=1S/C18H21FN4O/c19-15-4-2-14(3-5-15)11-23-9-6-18(13-23)10-16(12-24-18)22-17-20-7-1-8-21-17/h1-5,7-8,16H,6,9-13H2,(H,20,21,22)/t16-,18-/m0/s1. The van der Waals surface area contributed by atoms with Crippen LogP contribution < -0.4 is 5.32 Å². The Balaban J connectivity index is 1.33. The predicted molar refractivity (Wildman–Crippen MR) is 89.0 cm³/mol. The molecule has 2 fully saturated rings. The Morgan fingerprint density at radius 1 is 1.25 bits per heavy atom. The Bertz CT molecular complexity index is 681. The monoisotopic (exact) mass is 328 g/mol. The van der Waals surface area contributed by atoms with Crippen LogP contribution in [0.4, 0.5) is 10.3 Å². The highest BCUT2D eigenvalue weighted by Gasteiger charge is 2.45. The zero-order valence-corrected chi connectivity index (χ0v) is 13.5. The second-order valence-corrected chi connectivity index (χ2v) is 6.70. The van der Waals surface area contributed by atoms with Crippen LogP contribution in [0, 0.1) is 5.82 Å². The van der Waals surface area contributed by atoms with Gasteiger partial charge in [-0.2, -0.15) is 0 Å². The Labute approximate surface area is 140 Å². The molecule has 4 rings (SSSR count). The molecule has 5 nitrogen and oxygen atoms in total. The van der Waals surface area contributed by atoms with Gasteiger partial charge in [0, 0.05) is 38.4 Å². The summed E-state index contributed by atoms with van der Waals surface area (Å²) >= 11 is 0. The van der Waals surface area contributed by atoms with E-state index in [4.69, 9.17) is 4.74 Å². The second-order valence-electron chi connectivity index (χ2n) is 6.70. The van der Waals surface area contributed by atoms with E-state index in [1.807, 2.05) is 18.2 Å². The minimum absolute atomic E-state index is 0.0769. The average Bonchev–Trinajstić information content (AvgIpc) is 3.17. The highest BCUT2D eigenvalue weighted by molar-refractivity contribution is 5.25. The third-order valence-corrected chi connectivity index (χ3v) is 4.82. The van der Waals surface area contributed by atoms with Crippen LogP contribution in [0.15, 0.2) is 42.7 Å². The summed E-state index contributed by atoms with van der Waals surface area (Å²) in [5, 5.41) is 3.36. The van der Waals surface area contributed by atoms with Crippen molar-refractivity contribution in [1.82, 2.24) is 14.9 Å². The molecule has 2 aliphatic heterocycles. The molecule has 126 valence electrons. The van der Waals surface area contributed by atoms with E-state index in [2.05, 4.69) is 20.2 Å². The number of hydrogen-bond donors (Lipinski definition) is 1. The van der Waals surface area contributed by atoms with Gasteiger partial charge in [0.25, 0.3) is 0 Å². The summed E-state index contributed by atoms with van der Waals surface area (Å²) in [4.78, 5) is 10.8. The van der Waals surface area contributed by atoms with Crippen LogP contribution in [0.2, 0.25) is 0 Å². The van der Waals surface area contributed by atoms with Gasteiger partial charge in [0.15, 0.2) is 0 Å². The minimum atomic E-state index is -0.187. The third-order valence-electron chi connectivity index (χ3n) is 4.82. The number of nitrogens with zero attached hydrogens (tertiary/aromatic N) is 3. The fourth-order valence-corrected chi connectivity index (χ4v) is 3.69. The summed E-state index contributed by atoms with van der Waals surface area (Å²) in [5.41, 5.74) is 1.06. The number of anilines is 1. The molecule has 2 atom stereocenters. The van der Waals surface area contributed by atoms with Crippen molar-refractivity contribution in [2.75, 3.05) is 25.0 Å². The van der Waals surface area contributed by atoms with Crippen molar-refractivity contribution in [3.8, 4) is 0 Å². The third kappa shape index (κ3) is 3.39. The summed E-state index contributed by atoms with van der Waals surface area (Å²) in [6, 6.07) is 8.81. The maximum atomic E-state index is 13.0. The van der Waals surface area contributed by atoms with E-state index in [1.165, 1.54) is 12.1 Å². The molecule has 1 aromatic heterocycles. The molecule has 24 heavy (non-hydrogen) atoms. The first-order valence-electron chi connectivity index (χ1n) is 8.35. The number of rotatable bonds is 4. The number of nitrogens with one attached hydrogen (secondary N) is 1. The minimum Gasteiger partial charge on any atom is -0.371 e. The molecule has 2 aliphatic rings. The molecule has 2 saturated heterocycles. The Morgan fingerprint density at radius 2 is 2.04 bits per heavy atom. The Hall–Kier alpha value is -2.05. The SMILES string of the molecule is Fc1ccc(CN2CC[C@]3(C[C@H](Nc4ncccn4)CO3)C2)cc1. The molecule has 0 bridgehead atoms. The van der Waals surface area contributed by atoms with Gasteiger partial charge in [0.1, 0.15) is 5.82 Å². The molecular weight excluding hydrogens is 307 g/mol. The van der Waals surface area contributed by atoms with Crippen molar-refractivity contribution in [2.45, 2.75) is 31.0 Å². The second kappa shape index (κ2) is 6.45. The van der Waals surface area contributed by atoms with Gasteiger partial charge in [0.2, 0.25) is 5.95 Å². The van der Waals surface area contributed by atoms with Crippen LogP contribution in [0.25, 0.3) is 0 Å². The highest BCUT2D eigenvalue weighted by atomic mass is 19.1. The number of hydrogen-bond acceptors (Lipinski definition) is 5. The Kier molecular flexibility index (Phi) is 4.16. The lowest BCUT2D eigenvalue weighted by Gasteiger charge is -2.23. The molecule has 0 amide bonds. The normalized spacial score (nSPS) is 27.0.